The third-order valence-electron chi connectivity index (χ3n) is 8.42. The number of rotatable bonds is 9. The van der Waals surface area contributed by atoms with Crippen molar-refractivity contribution in [2.75, 3.05) is 34.4 Å². The molecule has 4 aliphatic rings. The summed E-state index contributed by atoms with van der Waals surface area (Å²) in [5.74, 6) is 4.61. The molecular weight excluding hydrogens is 410 g/mol. The van der Waals surface area contributed by atoms with Crippen LogP contribution in [-0.4, -0.2) is 50.1 Å². The van der Waals surface area contributed by atoms with Crippen molar-refractivity contribution in [3.05, 3.63) is 59.7 Å². The van der Waals surface area contributed by atoms with E-state index in [9.17, 15) is 5.11 Å². The van der Waals surface area contributed by atoms with Crippen LogP contribution < -0.4 is 9.47 Å². The molecule has 2 aromatic rings. The van der Waals surface area contributed by atoms with E-state index in [4.69, 9.17) is 9.47 Å². The molecule has 2 aromatic carbocycles. The lowest BCUT2D eigenvalue weighted by Crippen LogP contribution is -2.48. The molecule has 33 heavy (non-hydrogen) atoms. The maximum Gasteiger partial charge on any atom is 0.137 e. The Hall–Kier alpha value is -2.04. The van der Waals surface area contributed by atoms with Gasteiger partial charge in [0.15, 0.2) is 0 Å². The van der Waals surface area contributed by atoms with E-state index in [1.807, 2.05) is 12.1 Å². The second-order valence-electron chi connectivity index (χ2n) is 11.8. The van der Waals surface area contributed by atoms with E-state index in [1.165, 1.54) is 49.7 Å². The van der Waals surface area contributed by atoms with Gasteiger partial charge < -0.3 is 19.1 Å². The second-order valence-corrected chi connectivity index (χ2v) is 11.8. The third kappa shape index (κ3) is 5.07. The highest BCUT2D eigenvalue weighted by Crippen LogP contribution is 2.60. The van der Waals surface area contributed by atoms with E-state index in [1.54, 1.807) is 7.11 Å². The van der Waals surface area contributed by atoms with Crippen LogP contribution in [0.15, 0.2) is 48.5 Å². The van der Waals surface area contributed by atoms with Gasteiger partial charge in [0.25, 0.3) is 0 Å². The maximum atomic E-state index is 10.7. The van der Waals surface area contributed by atoms with Gasteiger partial charge in [0.2, 0.25) is 0 Å². The fourth-order valence-corrected chi connectivity index (χ4v) is 7.47. The summed E-state index contributed by atoms with van der Waals surface area (Å²) in [4.78, 5) is 0. The lowest BCUT2D eigenvalue weighted by molar-refractivity contribution is -0.906. The zero-order valence-corrected chi connectivity index (χ0v) is 20.5. The number of hydrogen-bond donors (Lipinski definition) is 1. The van der Waals surface area contributed by atoms with E-state index in [2.05, 4.69) is 50.5 Å². The second kappa shape index (κ2) is 8.96. The van der Waals surface area contributed by atoms with Crippen molar-refractivity contribution in [2.24, 2.45) is 17.8 Å². The number of benzene rings is 2. The molecule has 0 radical (unpaired) electrons. The number of ether oxygens (including phenoxy) is 2. The number of nitrogens with zero attached hydrogens (tertiary/aromatic N) is 1. The summed E-state index contributed by atoms with van der Waals surface area (Å²) in [7, 11) is 5.98. The molecule has 0 aromatic heterocycles. The fourth-order valence-electron chi connectivity index (χ4n) is 7.47. The average Bonchev–Trinajstić information content (AvgIpc) is 2.77. The van der Waals surface area contributed by atoms with Crippen LogP contribution in [-0.2, 0) is 12.0 Å². The first-order valence-corrected chi connectivity index (χ1v) is 12.7. The van der Waals surface area contributed by atoms with Gasteiger partial charge in [-0.3, -0.25) is 0 Å². The summed E-state index contributed by atoms with van der Waals surface area (Å²) in [6, 6.07) is 17.0. The zero-order valence-electron chi connectivity index (χ0n) is 20.5. The van der Waals surface area contributed by atoms with Crippen molar-refractivity contribution in [1.29, 1.82) is 0 Å². The quantitative estimate of drug-likeness (QED) is 0.535. The average molecular weight is 451 g/mol. The highest BCUT2D eigenvalue weighted by molar-refractivity contribution is 5.34. The van der Waals surface area contributed by atoms with Crippen molar-refractivity contribution in [3.8, 4) is 11.5 Å². The van der Waals surface area contributed by atoms with Gasteiger partial charge in [0.05, 0.1) is 21.2 Å². The first-order chi connectivity index (χ1) is 15.8. The van der Waals surface area contributed by atoms with Crippen LogP contribution in [0, 0.1) is 17.8 Å². The highest BCUT2D eigenvalue weighted by atomic mass is 16.5. The Morgan fingerprint density at radius 2 is 1.42 bits per heavy atom. The van der Waals surface area contributed by atoms with Gasteiger partial charge in [-0.1, -0.05) is 12.1 Å². The molecule has 4 aliphatic carbocycles. The molecule has 4 saturated carbocycles. The molecule has 0 heterocycles. The van der Waals surface area contributed by atoms with Crippen LogP contribution in [0.3, 0.4) is 0 Å². The van der Waals surface area contributed by atoms with Crippen molar-refractivity contribution in [2.45, 2.75) is 56.6 Å². The van der Waals surface area contributed by atoms with Gasteiger partial charge in [-0.2, -0.15) is 0 Å². The normalized spacial score (nSPS) is 29.2. The Balaban J connectivity index is 1.13. The lowest BCUT2D eigenvalue weighted by atomic mass is 9.48. The molecule has 0 spiro atoms. The van der Waals surface area contributed by atoms with Gasteiger partial charge in [-0.05, 0) is 104 Å². The molecular formula is C29H40NO3+. The van der Waals surface area contributed by atoms with E-state index in [-0.39, 0.29) is 0 Å². The minimum Gasteiger partial charge on any atom is -0.497 e. The van der Waals surface area contributed by atoms with E-state index >= 15 is 0 Å². The predicted molar refractivity (Wildman–Crippen MR) is 131 cm³/mol. The topological polar surface area (TPSA) is 38.7 Å². The standard InChI is InChI=1S/C29H40NO3/c1-30(2,18-21-4-8-27(32-3)9-5-21)19-26(31)20-33-28-10-6-25(7-11-28)29-15-22-12-23(16-29)14-24(13-22)17-29/h4-11,22-24,26,31H,12-20H2,1-3H3/q+1/t22?,23?,24?,26-,29?/m0/s1. The Bertz CT molecular complexity index is 899. The van der Waals surface area contributed by atoms with Crippen molar-refractivity contribution in [1.82, 2.24) is 0 Å². The molecule has 4 heteroatoms. The molecule has 0 aliphatic heterocycles. The van der Waals surface area contributed by atoms with Crippen molar-refractivity contribution < 1.29 is 19.1 Å². The van der Waals surface area contributed by atoms with Gasteiger partial charge in [-0.15, -0.1) is 0 Å². The predicted octanol–water partition coefficient (Wildman–Crippen LogP) is 5.18. The molecule has 178 valence electrons. The number of likely N-dealkylation sites (N-methyl/N-ethyl adjacent to an activating group) is 1. The number of quaternary nitrogens is 1. The first kappa shape index (κ1) is 22.7. The van der Waals surface area contributed by atoms with Crippen molar-refractivity contribution in [3.63, 3.8) is 0 Å². The summed E-state index contributed by atoms with van der Waals surface area (Å²) >= 11 is 0. The minimum atomic E-state index is -0.513. The Kier molecular flexibility index (Phi) is 6.17. The molecule has 1 atom stereocenters. The smallest absolute Gasteiger partial charge is 0.137 e. The molecule has 4 bridgehead atoms. The van der Waals surface area contributed by atoms with Crippen LogP contribution in [0.4, 0.5) is 0 Å². The minimum absolute atomic E-state index is 0.320. The number of aliphatic hydroxyl groups excluding tert-OH is 1. The van der Waals surface area contributed by atoms with Gasteiger partial charge in [0.1, 0.15) is 37.3 Å². The van der Waals surface area contributed by atoms with Gasteiger partial charge >= 0.3 is 0 Å². The monoisotopic (exact) mass is 450 g/mol. The van der Waals surface area contributed by atoms with Crippen LogP contribution in [0.1, 0.15) is 49.7 Å². The Morgan fingerprint density at radius 3 is 1.97 bits per heavy atom. The SMILES string of the molecule is COc1ccc(C[N+](C)(C)C[C@H](O)COc2ccc(C34CC5CC(CC(C5)C3)C4)cc2)cc1. The van der Waals surface area contributed by atoms with E-state index < -0.39 is 6.10 Å². The fraction of sp³-hybridized carbons (Fsp3) is 0.586. The van der Waals surface area contributed by atoms with Crippen molar-refractivity contribution >= 4 is 0 Å². The summed E-state index contributed by atoms with van der Waals surface area (Å²) < 4.78 is 11.9. The number of aliphatic hydroxyl groups is 1. The third-order valence-corrected chi connectivity index (χ3v) is 8.42. The number of hydrogen-bond acceptors (Lipinski definition) is 3. The summed E-state index contributed by atoms with van der Waals surface area (Å²) in [5, 5.41) is 10.7. The molecule has 1 N–H and O–H groups in total. The summed E-state index contributed by atoms with van der Waals surface area (Å²) in [6.07, 6.45) is 8.08. The van der Waals surface area contributed by atoms with Gasteiger partial charge in [0, 0.05) is 5.56 Å². The Morgan fingerprint density at radius 1 is 0.879 bits per heavy atom. The molecule has 6 rings (SSSR count). The molecule has 0 unspecified atom stereocenters. The van der Waals surface area contributed by atoms with Crippen LogP contribution in [0.25, 0.3) is 0 Å². The Labute approximate surface area is 199 Å². The van der Waals surface area contributed by atoms with Gasteiger partial charge in [-0.25, -0.2) is 0 Å². The van der Waals surface area contributed by atoms with Crippen LogP contribution >= 0.6 is 0 Å². The zero-order chi connectivity index (χ0) is 23.1. The summed E-state index contributed by atoms with van der Waals surface area (Å²) in [5.41, 5.74) is 3.18. The van der Waals surface area contributed by atoms with E-state index in [0.29, 0.717) is 23.0 Å². The van der Waals surface area contributed by atoms with E-state index in [0.717, 1.165) is 35.8 Å². The lowest BCUT2D eigenvalue weighted by Gasteiger charge is -2.57. The molecule has 4 fully saturated rings. The van der Waals surface area contributed by atoms with Crippen LogP contribution in [0.5, 0.6) is 11.5 Å². The first-order valence-electron chi connectivity index (χ1n) is 12.7. The summed E-state index contributed by atoms with van der Waals surface area (Å²) in [6.45, 7) is 1.80. The number of methoxy groups -OCH3 is 1. The van der Waals surface area contributed by atoms with Crippen LogP contribution in [0.2, 0.25) is 0 Å². The maximum absolute atomic E-state index is 10.7. The molecule has 0 saturated heterocycles. The molecule has 4 nitrogen and oxygen atoms in total. The largest absolute Gasteiger partial charge is 0.497 e. The highest BCUT2D eigenvalue weighted by Gasteiger charge is 2.51. The molecule has 0 amide bonds.